The standard InChI is InChI=1S/C16H15F2NO4S/c1-9-7-12(23-16(17)18)13(24-9)14(20)19-6-5-10-3-2-4-11(8-10)15(21)22/h2-4,7-8,16H,5-6H2,1H3,(H,19,20)(H,21,22). The van der Waals surface area contributed by atoms with E-state index in [1.54, 1.807) is 19.1 Å². The van der Waals surface area contributed by atoms with Gasteiger partial charge in [0.1, 0.15) is 10.6 Å². The highest BCUT2D eigenvalue weighted by Gasteiger charge is 2.19. The molecule has 24 heavy (non-hydrogen) atoms. The Labute approximate surface area is 140 Å². The molecular formula is C16H15F2NO4S. The third-order valence-corrected chi connectivity index (χ3v) is 4.15. The molecule has 1 aromatic heterocycles. The van der Waals surface area contributed by atoms with Crippen molar-refractivity contribution in [2.75, 3.05) is 6.54 Å². The van der Waals surface area contributed by atoms with Crippen molar-refractivity contribution in [2.24, 2.45) is 0 Å². The molecule has 0 saturated carbocycles. The average molecular weight is 355 g/mol. The molecular weight excluding hydrogens is 340 g/mol. The van der Waals surface area contributed by atoms with E-state index in [0.29, 0.717) is 11.3 Å². The Kier molecular flexibility index (Phi) is 5.86. The van der Waals surface area contributed by atoms with E-state index in [9.17, 15) is 18.4 Å². The Morgan fingerprint density at radius 2 is 2.08 bits per heavy atom. The Bertz CT molecular complexity index is 745. The summed E-state index contributed by atoms with van der Waals surface area (Å²) in [4.78, 5) is 23.8. The zero-order valence-electron chi connectivity index (χ0n) is 12.7. The van der Waals surface area contributed by atoms with Crippen LogP contribution in [0.5, 0.6) is 5.75 Å². The van der Waals surface area contributed by atoms with Crippen molar-refractivity contribution in [3.63, 3.8) is 0 Å². The first-order chi connectivity index (χ1) is 11.4. The molecule has 0 aliphatic heterocycles. The summed E-state index contributed by atoms with van der Waals surface area (Å²) in [6, 6.07) is 7.76. The van der Waals surface area contributed by atoms with Crippen molar-refractivity contribution in [1.29, 1.82) is 0 Å². The molecule has 8 heteroatoms. The Morgan fingerprint density at radius 1 is 1.33 bits per heavy atom. The smallest absolute Gasteiger partial charge is 0.387 e. The lowest BCUT2D eigenvalue weighted by Gasteiger charge is -2.07. The summed E-state index contributed by atoms with van der Waals surface area (Å²) in [5.74, 6) is -1.67. The average Bonchev–Trinajstić information content (AvgIpc) is 2.87. The fourth-order valence-corrected chi connectivity index (χ4v) is 2.95. The monoisotopic (exact) mass is 355 g/mol. The van der Waals surface area contributed by atoms with Crippen molar-refractivity contribution in [3.8, 4) is 5.75 Å². The van der Waals surface area contributed by atoms with Gasteiger partial charge >= 0.3 is 12.6 Å². The Morgan fingerprint density at radius 3 is 2.75 bits per heavy atom. The molecule has 2 aromatic rings. The molecule has 0 spiro atoms. The number of carbonyl (C=O) groups is 2. The second-order valence-corrected chi connectivity index (χ2v) is 6.20. The number of carboxylic acids is 1. The summed E-state index contributed by atoms with van der Waals surface area (Å²) in [7, 11) is 0. The number of aromatic carboxylic acids is 1. The number of amides is 1. The molecule has 1 heterocycles. The zero-order valence-corrected chi connectivity index (χ0v) is 13.5. The number of carboxylic acid groups (broad SMARTS) is 1. The van der Waals surface area contributed by atoms with Crippen LogP contribution in [0.25, 0.3) is 0 Å². The topological polar surface area (TPSA) is 75.6 Å². The SMILES string of the molecule is Cc1cc(OC(F)F)c(C(=O)NCCc2cccc(C(=O)O)c2)s1. The highest BCUT2D eigenvalue weighted by Crippen LogP contribution is 2.30. The van der Waals surface area contributed by atoms with Crippen LogP contribution in [0.2, 0.25) is 0 Å². The zero-order chi connectivity index (χ0) is 17.7. The summed E-state index contributed by atoms with van der Waals surface area (Å²) >= 11 is 1.07. The quantitative estimate of drug-likeness (QED) is 0.799. The maximum absolute atomic E-state index is 12.4. The Hall–Kier alpha value is -2.48. The van der Waals surface area contributed by atoms with Gasteiger partial charge in [-0.15, -0.1) is 11.3 Å². The largest absolute Gasteiger partial charge is 0.478 e. The van der Waals surface area contributed by atoms with Crippen molar-refractivity contribution in [3.05, 3.63) is 51.2 Å². The minimum atomic E-state index is -3.00. The number of alkyl halides is 2. The number of thiophene rings is 1. The predicted molar refractivity (Wildman–Crippen MR) is 85.1 cm³/mol. The molecule has 5 nitrogen and oxygen atoms in total. The van der Waals surface area contributed by atoms with Gasteiger partial charge in [-0.2, -0.15) is 8.78 Å². The van der Waals surface area contributed by atoms with Crippen molar-refractivity contribution >= 4 is 23.2 Å². The van der Waals surface area contributed by atoms with Crippen LogP contribution in [0, 0.1) is 6.92 Å². The molecule has 0 aliphatic rings. The molecule has 1 amide bonds. The van der Waals surface area contributed by atoms with Gasteiger partial charge in [0.2, 0.25) is 0 Å². The molecule has 0 aliphatic carbocycles. The summed E-state index contributed by atoms with van der Waals surface area (Å²) in [6.07, 6.45) is 0.419. The van der Waals surface area contributed by atoms with Crippen molar-refractivity contribution in [1.82, 2.24) is 5.32 Å². The predicted octanol–water partition coefficient (Wildman–Crippen LogP) is 3.33. The minimum absolute atomic E-state index is 0.0899. The number of nitrogens with one attached hydrogen (secondary N) is 1. The van der Waals surface area contributed by atoms with E-state index in [1.807, 2.05) is 0 Å². The van der Waals surface area contributed by atoms with Gasteiger partial charge in [0.15, 0.2) is 0 Å². The number of rotatable bonds is 7. The fraction of sp³-hybridized carbons (Fsp3) is 0.250. The van der Waals surface area contributed by atoms with E-state index < -0.39 is 18.5 Å². The number of carbonyl (C=O) groups excluding carboxylic acids is 1. The van der Waals surface area contributed by atoms with Gasteiger partial charge in [0, 0.05) is 11.4 Å². The second kappa shape index (κ2) is 7.87. The minimum Gasteiger partial charge on any atom is -0.478 e. The number of halogens is 2. The van der Waals surface area contributed by atoms with Gasteiger partial charge < -0.3 is 15.2 Å². The van der Waals surface area contributed by atoms with Crippen LogP contribution in [-0.2, 0) is 6.42 Å². The van der Waals surface area contributed by atoms with Gasteiger partial charge in [0.05, 0.1) is 5.56 Å². The highest BCUT2D eigenvalue weighted by atomic mass is 32.1. The molecule has 2 N–H and O–H groups in total. The van der Waals surface area contributed by atoms with Crippen LogP contribution >= 0.6 is 11.3 Å². The van der Waals surface area contributed by atoms with Crippen LogP contribution < -0.4 is 10.1 Å². The fourth-order valence-electron chi connectivity index (χ4n) is 2.09. The van der Waals surface area contributed by atoms with E-state index >= 15 is 0 Å². The van der Waals surface area contributed by atoms with E-state index in [1.165, 1.54) is 18.2 Å². The third-order valence-electron chi connectivity index (χ3n) is 3.12. The van der Waals surface area contributed by atoms with Gasteiger partial charge in [-0.25, -0.2) is 4.79 Å². The number of benzene rings is 1. The molecule has 0 fully saturated rings. The number of ether oxygens (including phenoxy) is 1. The molecule has 2 rings (SSSR count). The Balaban J connectivity index is 1.96. The first-order valence-corrected chi connectivity index (χ1v) is 7.84. The lowest BCUT2D eigenvalue weighted by molar-refractivity contribution is -0.0498. The summed E-state index contributed by atoms with van der Waals surface area (Å²) in [6.45, 7) is -1.06. The second-order valence-electron chi connectivity index (χ2n) is 4.94. The van der Waals surface area contributed by atoms with Crippen molar-refractivity contribution < 1.29 is 28.2 Å². The summed E-state index contributed by atoms with van der Waals surface area (Å²) in [5, 5.41) is 11.6. The maximum atomic E-state index is 12.4. The van der Waals surface area contributed by atoms with E-state index in [0.717, 1.165) is 16.9 Å². The van der Waals surface area contributed by atoms with Gasteiger partial charge in [0.25, 0.3) is 5.91 Å². The molecule has 0 bridgehead atoms. The van der Waals surface area contributed by atoms with Crippen LogP contribution in [0.3, 0.4) is 0 Å². The van der Waals surface area contributed by atoms with Crippen LogP contribution in [0.15, 0.2) is 30.3 Å². The normalized spacial score (nSPS) is 10.7. The summed E-state index contributed by atoms with van der Waals surface area (Å²) in [5.41, 5.74) is 0.918. The van der Waals surface area contributed by atoms with Gasteiger partial charge in [-0.05, 0) is 37.1 Å². The number of hydrogen-bond acceptors (Lipinski definition) is 4. The third kappa shape index (κ3) is 4.76. The summed E-state index contributed by atoms with van der Waals surface area (Å²) < 4.78 is 29.0. The van der Waals surface area contributed by atoms with Crippen LogP contribution in [-0.4, -0.2) is 30.1 Å². The number of hydrogen-bond donors (Lipinski definition) is 2. The molecule has 0 saturated heterocycles. The molecule has 1 aromatic carbocycles. The van der Waals surface area contributed by atoms with Gasteiger partial charge in [-0.1, -0.05) is 12.1 Å². The number of aryl methyl sites for hydroxylation is 1. The first-order valence-electron chi connectivity index (χ1n) is 7.02. The van der Waals surface area contributed by atoms with E-state index in [2.05, 4.69) is 10.1 Å². The van der Waals surface area contributed by atoms with Gasteiger partial charge in [-0.3, -0.25) is 4.79 Å². The highest BCUT2D eigenvalue weighted by molar-refractivity contribution is 7.14. The lowest BCUT2D eigenvalue weighted by Crippen LogP contribution is -2.25. The molecule has 128 valence electrons. The maximum Gasteiger partial charge on any atom is 0.387 e. The molecule has 0 radical (unpaired) electrons. The van der Waals surface area contributed by atoms with E-state index in [4.69, 9.17) is 5.11 Å². The van der Waals surface area contributed by atoms with Crippen molar-refractivity contribution in [2.45, 2.75) is 20.0 Å². The molecule has 0 atom stereocenters. The van der Waals surface area contributed by atoms with E-state index in [-0.39, 0.29) is 22.7 Å². The molecule has 0 unspecified atom stereocenters. The lowest BCUT2D eigenvalue weighted by atomic mass is 10.1. The van der Waals surface area contributed by atoms with Crippen LogP contribution in [0.4, 0.5) is 8.78 Å². The first kappa shape index (κ1) is 17.9. The van der Waals surface area contributed by atoms with Crippen LogP contribution in [0.1, 0.15) is 30.5 Å².